The van der Waals surface area contributed by atoms with Crippen molar-refractivity contribution >= 4 is 40.0 Å². The number of aryl methyl sites for hydroxylation is 1. The number of thiazole rings is 1. The molecule has 1 amide bonds. The highest BCUT2D eigenvalue weighted by Crippen LogP contribution is 2.37. The molecule has 32 heavy (non-hydrogen) atoms. The van der Waals surface area contributed by atoms with Crippen molar-refractivity contribution in [3.8, 4) is 10.4 Å². The van der Waals surface area contributed by atoms with Gasteiger partial charge in [0, 0.05) is 17.5 Å². The van der Waals surface area contributed by atoms with Crippen molar-refractivity contribution in [3.05, 3.63) is 64.6 Å². The molecule has 9 heteroatoms. The lowest BCUT2D eigenvalue weighted by molar-refractivity contribution is 0.0726. The van der Waals surface area contributed by atoms with Crippen molar-refractivity contribution in [3.63, 3.8) is 0 Å². The number of para-hydroxylation sites is 1. The number of hydrogen-bond acceptors (Lipinski definition) is 5. The molecule has 4 aromatic rings. The minimum Gasteiger partial charge on any atom is -0.340 e. The molecule has 1 aliphatic rings. The van der Waals surface area contributed by atoms with E-state index in [-0.39, 0.29) is 17.6 Å². The summed E-state index contributed by atoms with van der Waals surface area (Å²) in [4.78, 5) is 29.5. The summed E-state index contributed by atoms with van der Waals surface area (Å²) in [6.07, 6.45) is 3.64. The average molecular weight is 471 g/mol. The van der Waals surface area contributed by atoms with Crippen molar-refractivity contribution in [2.24, 2.45) is 0 Å². The van der Waals surface area contributed by atoms with Gasteiger partial charge in [0.05, 0.1) is 21.4 Å². The standard InChI is InChI=1S/C23H20F2N4OS2/c1-12-26-20(21(32-12)13-9-14(24)11-15(25)10-13)23(30)29-8-4-6-17(29)22-27-16-5-3-7-18(31-2)19(16)28-22/h3,5,7,9-11,17H,4,6,8H2,1-2H3,(H,27,28). The number of H-pyrrole nitrogens is 1. The van der Waals surface area contributed by atoms with Crippen molar-refractivity contribution in [2.75, 3.05) is 12.8 Å². The quantitative estimate of drug-likeness (QED) is 0.373. The van der Waals surface area contributed by atoms with Crippen LogP contribution >= 0.6 is 23.1 Å². The highest BCUT2D eigenvalue weighted by atomic mass is 32.2. The summed E-state index contributed by atoms with van der Waals surface area (Å²) < 4.78 is 27.7. The Morgan fingerprint density at radius 2 is 2.00 bits per heavy atom. The molecule has 0 bridgehead atoms. The summed E-state index contributed by atoms with van der Waals surface area (Å²) in [7, 11) is 0. The minimum atomic E-state index is -0.685. The van der Waals surface area contributed by atoms with Gasteiger partial charge in [-0.2, -0.15) is 0 Å². The number of thioether (sulfide) groups is 1. The number of amides is 1. The maximum Gasteiger partial charge on any atom is 0.274 e. The van der Waals surface area contributed by atoms with Gasteiger partial charge in [-0.25, -0.2) is 18.7 Å². The third-order valence-corrected chi connectivity index (χ3v) is 7.39. The molecule has 2 aromatic heterocycles. The van der Waals surface area contributed by atoms with Gasteiger partial charge in [-0.05, 0) is 55.9 Å². The van der Waals surface area contributed by atoms with E-state index in [1.165, 1.54) is 23.5 Å². The summed E-state index contributed by atoms with van der Waals surface area (Å²) in [5.41, 5.74) is 2.38. The highest BCUT2D eigenvalue weighted by molar-refractivity contribution is 7.98. The number of aromatic nitrogens is 3. The molecular formula is C23H20F2N4OS2. The molecule has 0 spiro atoms. The second-order valence-electron chi connectivity index (χ2n) is 7.70. The molecule has 0 aliphatic carbocycles. The number of fused-ring (bicyclic) bond motifs is 1. The van der Waals surface area contributed by atoms with E-state index in [0.717, 1.165) is 40.7 Å². The molecule has 1 unspecified atom stereocenters. The van der Waals surface area contributed by atoms with Crippen LogP contribution in [0.5, 0.6) is 0 Å². The Morgan fingerprint density at radius 1 is 1.22 bits per heavy atom. The molecule has 1 aliphatic heterocycles. The van der Waals surface area contributed by atoms with E-state index < -0.39 is 11.6 Å². The van der Waals surface area contributed by atoms with Crippen LogP contribution in [-0.2, 0) is 0 Å². The van der Waals surface area contributed by atoms with Crippen LogP contribution in [0.15, 0.2) is 41.3 Å². The van der Waals surface area contributed by atoms with Gasteiger partial charge in [-0.1, -0.05) is 6.07 Å². The van der Waals surface area contributed by atoms with E-state index in [9.17, 15) is 13.6 Å². The van der Waals surface area contributed by atoms with E-state index in [0.29, 0.717) is 22.0 Å². The predicted molar refractivity (Wildman–Crippen MR) is 123 cm³/mol. The van der Waals surface area contributed by atoms with Gasteiger partial charge in [0.2, 0.25) is 0 Å². The Balaban J connectivity index is 1.52. The van der Waals surface area contributed by atoms with Gasteiger partial charge in [0.25, 0.3) is 5.91 Å². The number of imidazole rings is 1. The normalized spacial score (nSPS) is 16.2. The molecule has 1 saturated heterocycles. The molecule has 1 N–H and O–H groups in total. The lowest BCUT2D eigenvalue weighted by Gasteiger charge is -2.22. The lowest BCUT2D eigenvalue weighted by Crippen LogP contribution is -2.31. The number of benzene rings is 2. The second kappa shape index (κ2) is 8.29. The maximum atomic E-state index is 13.8. The fourth-order valence-corrected chi connectivity index (χ4v) is 5.69. The average Bonchev–Trinajstić information content (AvgIpc) is 3.49. The number of carbonyl (C=O) groups excluding carboxylic acids is 1. The maximum absolute atomic E-state index is 13.8. The fraction of sp³-hybridized carbons (Fsp3) is 0.261. The summed E-state index contributed by atoms with van der Waals surface area (Å²) in [5.74, 6) is -0.870. The molecule has 5 nitrogen and oxygen atoms in total. The molecule has 0 radical (unpaired) electrons. The van der Waals surface area contributed by atoms with E-state index in [1.807, 2.05) is 24.5 Å². The Labute approximate surface area is 191 Å². The first kappa shape index (κ1) is 21.1. The highest BCUT2D eigenvalue weighted by Gasteiger charge is 2.35. The van der Waals surface area contributed by atoms with E-state index in [1.54, 1.807) is 23.6 Å². The van der Waals surface area contributed by atoms with Gasteiger partial charge in [0.15, 0.2) is 0 Å². The summed E-state index contributed by atoms with van der Waals surface area (Å²) in [6.45, 7) is 2.36. The topological polar surface area (TPSA) is 61.9 Å². The Bertz CT molecular complexity index is 1310. The van der Waals surface area contributed by atoms with Crippen LogP contribution in [-0.4, -0.2) is 38.6 Å². The lowest BCUT2D eigenvalue weighted by atomic mass is 10.1. The fourth-order valence-electron chi connectivity index (χ4n) is 4.23. The largest absolute Gasteiger partial charge is 0.340 e. The van der Waals surface area contributed by atoms with Crippen LogP contribution in [0, 0.1) is 18.6 Å². The number of hydrogen-bond donors (Lipinski definition) is 1. The van der Waals surface area contributed by atoms with Gasteiger partial charge in [-0.15, -0.1) is 23.1 Å². The molecule has 1 atom stereocenters. The Hall–Kier alpha value is -2.78. The molecule has 0 saturated carbocycles. The number of nitrogens with one attached hydrogen (secondary N) is 1. The van der Waals surface area contributed by atoms with Gasteiger partial charge in [-0.3, -0.25) is 4.79 Å². The Kier molecular flexibility index (Phi) is 5.46. The van der Waals surface area contributed by atoms with Gasteiger partial charge < -0.3 is 9.88 Å². The number of likely N-dealkylation sites (tertiary alicyclic amines) is 1. The predicted octanol–water partition coefficient (Wildman–Crippen LogP) is 5.97. The molecular weight excluding hydrogens is 450 g/mol. The van der Waals surface area contributed by atoms with E-state index in [4.69, 9.17) is 4.98 Å². The van der Waals surface area contributed by atoms with Crippen molar-refractivity contribution in [1.82, 2.24) is 19.9 Å². The summed E-state index contributed by atoms with van der Waals surface area (Å²) in [5, 5.41) is 0.664. The van der Waals surface area contributed by atoms with E-state index >= 15 is 0 Å². The number of aromatic amines is 1. The zero-order valence-electron chi connectivity index (χ0n) is 17.5. The van der Waals surface area contributed by atoms with Crippen molar-refractivity contribution < 1.29 is 13.6 Å². The van der Waals surface area contributed by atoms with Gasteiger partial charge in [0.1, 0.15) is 28.7 Å². The summed E-state index contributed by atoms with van der Waals surface area (Å²) >= 11 is 2.89. The van der Waals surface area contributed by atoms with Crippen LogP contribution < -0.4 is 0 Å². The third-order valence-electron chi connectivity index (χ3n) is 5.60. The smallest absolute Gasteiger partial charge is 0.274 e. The third kappa shape index (κ3) is 3.69. The molecule has 1 fully saturated rings. The second-order valence-corrected chi connectivity index (χ2v) is 9.76. The molecule has 5 rings (SSSR count). The van der Waals surface area contributed by atoms with Crippen LogP contribution in [0.3, 0.4) is 0 Å². The van der Waals surface area contributed by atoms with Crippen molar-refractivity contribution in [2.45, 2.75) is 30.7 Å². The van der Waals surface area contributed by atoms with Crippen LogP contribution in [0.1, 0.15) is 40.2 Å². The molecule has 3 heterocycles. The zero-order chi connectivity index (χ0) is 22.4. The number of carbonyl (C=O) groups is 1. The molecule has 164 valence electrons. The van der Waals surface area contributed by atoms with Crippen LogP contribution in [0.4, 0.5) is 8.78 Å². The minimum absolute atomic E-state index is 0.205. The number of rotatable bonds is 4. The van der Waals surface area contributed by atoms with E-state index in [2.05, 4.69) is 9.97 Å². The Morgan fingerprint density at radius 3 is 2.75 bits per heavy atom. The number of nitrogens with zero attached hydrogens (tertiary/aromatic N) is 3. The van der Waals surface area contributed by atoms with Crippen LogP contribution in [0.2, 0.25) is 0 Å². The van der Waals surface area contributed by atoms with Crippen LogP contribution in [0.25, 0.3) is 21.5 Å². The summed E-state index contributed by atoms with van der Waals surface area (Å²) in [6, 6.07) is 9.07. The van der Waals surface area contributed by atoms with Crippen molar-refractivity contribution in [1.29, 1.82) is 0 Å². The first-order valence-corrected chi connectivity index (χ1v) is 12.3. The first-order chi connectivity index (χ1) is 15.4. The number of halogens is 2. The molecule has 2 aromatic carbocycles. The SMILES string of the molecule is CSc1cccc2[nH]c(C3CCCN3C(=O)c3nc(C)sc3-c3cc(F)cc(F)c3)nc12. The van der Waals surface area contributed by atoms with Gasteiger partial charge >= 0.3 is 0 Å². The first-order valence-electron chi connectivity index (χ1n) is 10.2. The zero-order valence-corrected chi connectivity index (χ0v) is 19.1. The monoisotopic (exact) mass is 470 g/mol.